The number of carbonyl (C=O) groups is 1. The molecule has 0 unspecified atom stereocenters. The summed E-state index contributed by atoms with van der Waals surface area (Å²) in [7, 11) is 1.27. The molecule has 0 bridgehead atoms. The van der Waals surface area contributed by atoms with E-state index in [0.717, 1.165) is 0 Å². The maximum absolute atomic E-state index is 11.1. The molecule has 1 heterocycles. The summed E-state index contributed by atoms with van der Waals surface area (Å²) in [6, 6.07) is 0. The number of hydrogen-bond acceptors (Lipinski definition) is 5. The Balaban J connectivity index is 3.01. The van der Waals surface area contributed by atoms with E-state index in [2.05, 4.69) is 14.9 Å². The molecular weight excluding hydrogens is 174 g/mol. The molecule has 1 aromatic rings. The number of anilines is 1. The van der Waals surface area contributed by atoms with Gasteiger partial charge in [0.05, 0.1) is 13.7 Å². The van der Waals surface area contributed by atoms with Crippen LogP contribution in [0.25, 0.3) is 0 Å². The van der Waals surface area contributed by atoms with Crippen molar-refractivity contribution >= 4 is 11.8 Å². The van der Waals surface area contributed by atoms with E-state index in [1.807, 2.05) is 0 Å². The van der Waals surface area contributed by atoms with Gasteiger partial charge in [-0.1, -0.05) is 0 Å². The van der Waals surface area contributed by atoms with Gasteiger partial charge in [-0.15, -0.1) is 0 Å². The fourth-order valence-corrected chi connectivity index (χ4v) is 0.887. The third kappa shape index (κ3) is 1.71. The van der Waals surface area contributed by atoms with Gasteiger partial charge in [-0.3, -0.25) is 0 Å². The second kappa shape index (κ2) is 3.79. The van der Waals surface area contributed by atoms with Gasteiger partial charge in [0.2, 0.25) is 5.88 Å². The van der Waals surface area contributed by atoms with Gasteiger partial charge in [-0.25, -0.2) is 9.89 Å². The number of H-pyrrole nitrogens is 1. The molecule has 0 aliphatic rings. The summed E-state index contributed by atoms with van der Waals surface area (Å²) >= 11 is 0. The maximum Gasteiger partial charge on any atom is 0.347 e. The molecule has 0 fully saturated rings. The number of aromatic amines is 1. The predicted octanol–water partition coefficient (Wildman–Crippen LogP) is 0.177. The summed E-state index contributed by atoms with van der Waals surface area (Å²) in [6.45, 7) is 2.21. The highest BCUT2D eigenvalue weighted by Crippen LogP contribution is 2.21. The Hall–Kier alpha value is -1.72. The molecular formula is C7H11N3O3. The van der Waals surface area contributed by atoms with Gasteiger partial charge in [0.25, 0.3) is 0 Å². The van der Waals surface area contributed by atoms with Crippen molar-refractivity contribution in [3.05, 3.63) is 5.56 Å². The summed E-state index contributed by atoms with van der Waals surface area (Å²) in [6.07, 6.45) is 0. The summed E-state index contributed by atoms with van der Waals surface area (Å²) in [5.74, 6) is -0.239. The van der Waals surface area contributed by atoms with Crippen LogP contribution in [0.3, 0.4) is 0 Å². The standard InChI is InChI=1S/C7H11N3O3/c1-3-13-6-4(7(11)12-2)5(8)9-10-6/h3H2,1-2H3,(H3,8,9,10). The third-order valence-electron chi connectivity index (χ3n) is 1.44. The highest BCUT2D eigenvalue weighted by molar-refractivity contribution is 5.96. The van der Waals surface area contributed by atoms with E-state index in [-0.39, 0.29) is 17.3 Å². The maximum atomic E-state index is 11.1. The van der Waals surface area contributed by atoms with Gasteiger partial charge in [-0.05, 0) is 6.92 Å². The lowest BCUT2D eigenvalue weighted by atomic mass is 10.3. The Morgan fingerprint density at radius 3 is 2.92 bits per heavy atom. The first-order valence-corrected chi connectivity index (χ1v) is 3.75. The Labute approximate surface area is 75.0 Å². The SMILES string of the molecule is CCOc1[nH]nc(N)c1C(=O)OC. The molecule has 0 aliphatic heterocycles. The van der Waals surface area contributed by atoms with Gasteiger partial charge in [0.1, 0.15) is 0 Å². The molecule has 72 valence electrons. The topological polar surface area (TPSA) is 90.2 Å². The molecule has 0 atom stereocenters. The van der Waals surface area contributed by atoms with Crippen molar-refractivity contribution in [2.75, 3.05) is 19.5 Å². The number of nitrogens with zero attached hydrogens (tertiary/aromatic N) is 1. The summed E-state index contributed by atoms with van der Waals surface area (Å²) in [5, 5.41) is 6.12. The fraction of sp³-hybridized carbons (Fsp3) is 0.429. The third-order valence-corrected chi connectivity index (χ3v) is 1.44. The smallest absolute Gasteiger partial charge is 0.347 e. The van der Waals surface area contributed by atoms with Crippen LogP contribution in [0.5, 0.6) is 5.88 Å². The van der Waals surface area contributed by atoms with Crippen molar-refractivity contribution in [2.24, 2.45) is 0 Å². The van der Waals surface area contributed by atoms with Crippen LogP contribution in [0.15, 0.2) is 0 Å². The van der Waals surface area contributed by atoms with Crippen LogP contribution in [0.4, 0.5) is 5.82 Å². The molecule has 0 spiro atoms. The zero-order valence-electron chi connectivity index (χ0n) is 7.46. The summed E-state index contributed by atoms with van der Waals surface area (Å²) < 4.78 is 9.59. The van der Waals surface area contributed by atoms with Crippen LogP contribution < -0.4 is 10.5 Å². The highest BCUT2D eigenvalue weighted by atomic mass is 16.5. The van der Waals surface area contributed by atoms with E-state index >= 15 is 0 Å². The molecule has 0 saturated carbocycles. The average Bonchev–Trinajstić information content (AvgIpc) is 2.47. The number of ether oxygens (including phenoxy) is 2. The number of aromatic nitrogens is 2. The number of carbonyl (C=O) groups excluding carboxylic acids is 1. The van der Waals surface area contributed by atoms with Gasteiger partial charge in [0, 0.05) is 0 Å². The van der Waals surface area contributed by atoms with Gasteiger partial charge >= 0.3 is 5.97 Å². The van der Waals surface area contributed by atoms with E-state index in [1.165, 1.54) is 7.11 Å². The number of nitrogens with one attached hydrogen (secondary N) is 1. The summed E-state index contributed by atoms with van der Waals surface area (Å²) in [5.41, 5.74) is 5.57. The number of rotatable bonds is 3. The molecule has 0 amide bonds. The van der Waals surface area contributed by atoms with Crippen molar-refractivity contribution in [1.29, 1.82) is 0 Å². The lowest BCUT2D eigenvalue weighted by Crippen LogP contribution is -2.06. The second-order valence-corrected chi connectivity index (χ2v) is 2.24. The van der Waals surface area contributed by atoms with Crippen LogP contribution in [-0.2, 0) is 4.74 Å². The van der Waals surface area contributed by atoms with Crippen LogP contribution >= 0.6 is 0 Å². The molecule has 0 aliphatic carbocycles. The van der Waals surface area contributed by atoms with E-state index in [9.17, 15) is 4.79 Å². The molecule has 3 N–H and O–H groups in total. The van der Waals surface area contributed by atoms with Gasteiger partial charge in [0.15, 0.2) is 11.4 Å². The van der Waals surface area contributed by atoms with Crippen LogP contribution in [0.1, 0.15) is 17.3 Å². The van der Waals surface area contributed by atoms with Crippen molar-refractivity contribution < 1.29 is 14.3 Å². The van der Waals surface area contributed by atoms with Gasteiger partial charge in [-0.2, -0.15) is 5.10 Å². The average molecular weight is 185 g/mol. The normalized spacial score (nSPS) is 9.69. The molecule has 0 saturated heterocycles. The largest absolute Gasteiger partial charge is 0.478 e. The number of esters is 1. The summed E-state index contributed by atoms with van der Waals surface area (Å²) in [4.78, 5) is 11.1. The number of nitrogens with two attached hydrogens (primary N) is 1. The minimum Gasteiger partial charge on any atom is -0.478 e. The zero-order valence-corrected chi connectivity index (χ0v) is 7.46. The molecule has 1 rings (SSSR count). The lowest BCUT2D eigenvalue weighted by molar-refractivity contribution is 0.0597. The lowest BCUT2D eigenvalue weighted by Gasteiger charge is -2.01. The Morgan fingerprint density at radius 2 is 2.38 bits per heavy atom. The van der Waals surface area contributed by atoms with E-state index < -0.39 is 5.97 Å². The molecule has 0 aromatic carbocycles. The first-order chi connectivity index (χ1) is 6.20. The monoisotopic (exact) mass is 185 g/mol. The quantitative estimate of drug-likeness (QED) is 0.655. The van der Waals surface area contributed by atoms with Gasteiger partial charge < -0.3 is 15.2 Å². The zero-order chi connectivity index (χ0) is 9.84. The fourth-order valence-electron chi connectivity index (χ4n) is 0.887. The minimum atomic E-state index is -0.560. The van der Waals surface area contributed by atoms with Crippen molar-refractivity contribution in [2.45, 2.75) is 6.92 Å². The first kappa shape index (κ1) is 9.37. The minimum absolute atomic E-state index is 0.0790. The highest BCUT2D eigenvalue weighted by Gasteiger charge is 2.20. The van der Waals surface area contributed by atoms with Crippen LogP contribution in [0.2, 0.25) is 0 Å². The number of hydrogen-bond donors (Lipinski definition) is 2. The van der Waals surface area contributed by atoms with Crippen molar-refractivity contribution in [3.8, 4) is 5.88 Å². The van der Waals surface area contributed by atoms with Crippen molar-refractivity contribution in [1.82, 2.24) is 10.2 Å². The molecule has 1 aromatic heterocycles. The molecule has 6 heteroatoms. The molecule has 13 heavy (non-hydrogen) atoms. The molecule has 6 nitrogen and oxygen atoms in total. The Morgan fingerprint density at radius 1 is 1.69 bits per heavy atom. The predicted molar refractivity (Wildman–Crippen MR) is 45.5 cm³/mol. The number of nitrogen functional groups attached to an aromatic ring is 1. The molecule has 0 radical (unpaired) electrons. The Kier molecular flexibility index (Phi) is 2.73. The van der Waals surface area contributed by atoms with Crippen LogP contribution in [-0.4, -0.2) is 29.9 Å². The van der Waals surface area contributed by atoms with E-state index in [0.29, 0.717) is 6.61 Å². The number of methoxy groups -OCH3 is 1. The van der Waals surface area contributed by atoms with Crippen LogP contribution in [0, 0.1) is 0 Å². The van der Waals surface area contributed by atoms with E-state index in [1.54, 1.807) is 6.92 Å². The second-order valence-electron chi connectivity index (χ2n) is 2.24. The first-order valence-electron chi connectivity index (χ1n) is 3.75. The van der Waals surface area contributed by atoms with Crippen molar-refractivity contribution in [3.63, 3.8) is 0 Å². The van der Waals surface area contributed by atoms with E-state index in [4.69, 9.17) is 10.5 Å². The Bertz CT molecular complexity index is 308.